The minimum Gasteiger partial charge on any atom is -0.369 e. The van der Waals surface area contributed by atoms with Gasteiger partial charge in [0.05, 0.1) is 13.1 Å². The van der Waals surface area contributed by atoms with Crippen LogP contribution >= 0.6 is 0 Å². The molecule has 1 aliphatic rings. The van der Waals surface area contributed by atoms with Crippen molar-refractivity contribution in [3.05, 3.63) is 12.2 Å². The van der Waals surface area contributed by atoms with Gasteiger partial charge < -0.3 is 11.1 Å². The minimum atomic E-state index is -0.291. The van der Waals surface area contributed by atoms with Crippen LogP contribution in [-0.4, -0.2) is 51.2 Å². The highest BCUT2D eigenvalue weighted by Crippen LogP contribution is 2.14. The van der Waals surface area contributed by atoms with Gasteiger partial charge in [-0.3, -0.25) is 9.69 Å². The molecule has 0 unspecified atom stereocenters. The van der Waals surface area contributed by atoms with E-state index in [2.05, 4.69) is 20.3 Å². The Balaban J connectivity index is 2.06. The molecule has 106 valence electrons. The first kappa shape index (κ1) is 14.0. The SMILES string of the molecule is CCn1ncnc1CN(CC(N)=O)C1CCNCC1. The second-order valence-corrected chi connectivity index (χ2v) is 4.84. The van der Waals surface area contributed by atoms with E-state index in [0.29, 0.717) is 12.6 Å². The summed E-state index contributed by atoms with van der Waals surface area (Å²) < 4.78 is 1.86. The molecule has 1 aromatic heterocycles. The standard InChI is InChI=1S/C12H22N6O/c1-2-18-12(15-9-16-18)8-17(7-11(13)19)10-3-5-14-6-4-10/h9-10,14H,2-8H2,1H3,(H2,13,19). The van der Waals surface area contributed by atoms with Crippen LogP contribution in [0, 0.1) is 0 Å². The Morgan fingerprint density at radius 3 is 2.95 bits per heavy atom. The molecule has 1 saturated heterocycles. The molecule has 0 aromatic carbocycles. The molecule has 1 amide bonds. The van der Waals surface area contributed by atoms with Crippen LogP contribution in [0.1, 0.15) is 25.6 Å². The van der Waals surface area contributed by atoms with Crippen LogP contribution in [0.5, 0.6) is 0 Å². The Labute approximate surface area is 113 Å². The lowest BCUT2D eigenvalue weighted by atomic mass is 10.0. The second kappa shape index (κ2) is 6.63. The number of amides is 1. The lowest BCUT2D eigenvalue weighted by Gasteiger charge is -2.33. The summed E-state index contributed by atoms with van der Waals surface area (Å²) in [5.74, 6) is 0.600. The Hall–Kier alpha value is -1.47. The van der Waals surface area contributed by atoms with Crippen molar-refractivity contribution in [2.24, 2.45) is 5.73 Å². The molecule has 0 bridgehead atoms. The van der Waals surface area contributed by atoms with Crippen LogP contribution in [0.25, 0.3) is 0 Å². The van der Waals surface area contributed by atoms with Crippen LogP contribution in [0.4, 0.5) is 0 Å². The van der Waals surface area contributed by atoms with Crippen LogP contribution in [0.2, 0.25) is 0 Å². The number of carbonyl (C=O) groups is 1. The topological polar surface area (TPSA) is 89.1 Å². The zero-order chi connectivity index (χ0) is 13.7. The summed E-state index contributed by atoms with van der Waals surface area (Å²) in [6.07, 6.45) is 3.63. The smallest absolute Gasteiger partial charge is 0.231 e. The van der Waals surface area contributed by atoms with Gasteiger partial charge in [-0.05, 0) is 32.9 Å². The molecule has 1 aliphatic heterocycles. The van der Waals surface area contributed by atoms with Crippen LogP contribution in [-0.2, 0) is 17.9 Å². The number of piperidine rings is 1. The first-order valence-electron chi connectivity index (χ1n) is 6.80. The highest BCUT2D eigenvalue weighted by atomic mass is 16.1. The van der Waals surface area contributed by atoms with Crippen molar-refractivity contribution in [1.82, 2.24) is 25.0 Å². The van der Waals surface area contributed by atoms with Crippen molar-refractivity contribution in [3.63, 3.8) is 0 Å². The summed E-state index contributed by atoms with van der Waals surface area (Å²) in [6.45, 7) is 5.69. The zero-order valence-electron chi connectivity index (χ0n) is 11.4. The highest BCUT2D eigenvalue weighted by molar-refractivity contribution is 5.75. The fourth-order valence-corrected chi connectivity index (χ4v) is 2.54. The first-order valence-corrected chi connectivity index (χ1v) is 6.80. The number of carbonyl (C=O) groups excluding carboxylic acids is 1. The number of nitrogens with one attached hydrogen (secondary N) is 1. The predicted molar refractivity (Wildman–Crippen MR) is 71.2 cm³/mol. The summed E-state index contributed by atoms with van der Waals surface area (Å²) in [7, 11) is 0. The van der Waals surface area contributed by atoms with Gasteiger partial charge in [0, 0.05) is 12.6 Å². The molecular formula is C12H22N6O. The number of primary amides is 1. The van der Waals surface area contributed by atoms with Gasteiger partial charge in [0.1, 0.15) is 12.2 Å². The van der Waals surface area contributed by atoms with Gasteiger partial charge in [-0.2, -0.15) is 5.10 Å². The number of nitrogens with zero attached hydrogens (tertiary/aromatic N) is 4. The molecular weight excluding hydrogens is 244 g/mol. The van der Waals surface area contributed by atoms with Gasteiger partial charge in [0.25, 0.3) is 0 Å². The van der Waals surface area contributed by atoms with Crippen molar-refractivity contribution >= 4 is 5.91 Å². The molecule has 7 nitrogen and oxygen atoms in total. The fourth-order valence-electron chi connectivity index (χ4n) is 2.54. The third kappa shape index (κ3) is 3.74. The predicted octanol–water partition coefficient (Wildman–Crippen LogP) is -0.663. The Kier molecular flexibility index (Phi) is 4.86. The molecule has 7 heteroatoms. The van der Waals surface area contributed by atoms with E-state index in [-0.39, 0.29) is 12.5 Å². The van der Waals surface area contributed by atoms with Gasteiger partial charge >= 0.3 is 0 Å². The molecule has 0 spiro atoms. The van der Waals surface area contributed by atoms with Gasteiger partial charge in [0.15, 0.2) is 0 Å². The van der Waals surface area contributed by atoms with Crippen LogP contribution in [0.15, 0.2) is 6.33 Å². The van der Waals surface area contributed by atoms with Crippen LogP contribution < -0.4 is 11.1 Å². The third-order valence-corrected chi connectivity index (χ3v) is 3.52. The molecule has 3 N–H and O–H groups in total. The Morgan fingerprint density at radius 2 is 2.32 bits per heavy atom. The number of hydrogen-bond acceptors (Lipinski definition) is 5. The van der Waals surface area contributed by atoms with E-state index in [4.69, 9.17) is 5.73 Å². The van der Waals surface area contributed by atoms with Crippen molar-refractivity contribution in [3.8, 4) is 0 Å². The maximum absolute atomic E-state index is 11.3. The Bertz CT molecular complexity index is 412. The molecule has 0 aliphatic carbocycles. The second-order valence-electron chi connectivity index (χ2n) is 4.84. The summed E-state index contributed by atoms with van der Waals surface area (Å²) in [5.41, 5.74) is 5.36. The maximum atomic E-state index is 11.3. The average molecular weight is 266 g/mol. The molecule has 2 rings (SSSR count). The lowest BCUT2D eigenvalue weighted by Crippen LogP contribution is -2.46. The van der Waals surface area contributed by atoms with Crippen molar-refractivity contribution in [2.75, 3.05) is 19.6 Å². The third-order valence-electron chi connectivity index (χ3n) is 3.52. The number of aromatic nitrogens is 3. The summed E-state index contributed by atoms with van der Waals surface area (Å²) >= 11 is 0. The molecule has 1 aromatic rings. The monoisotopic (exact) mass is 266 g/mol. The van der Waals surface area contributed by atoms with E-state index in [1.54, 1.807) is 6.33 Å². The normalized spacial score (nSPS) is 16.9. The average Bonchev–Trinajstić information content (AvgIpc) is 2.86. The summed E-state index contributed by atoms with van der Waals surface area (Å²) in [5, 5.41) is 7.49. The van der Waals surface area contributed by atoms with Crippen molar-refractivity contribution in [1.29, 1.82) is 0 Å². The molecule has 2 heterocycles. The minimum absolute atomic E-state index is 0.279. The molecule has 0 atom stereocenters. The van der Waals surface area contributed by atoms with E-state index < -0.39 is 0 Å². The van der Waals surface area contributed by atoms with Crippen molar-refractivity contribution < 1.29 is 4.79 Å². The highest BCUT2D eigenvalue weighted by Gasteiger charge is 2.23. The molecule has 1 fully saturated rings. The van der Waals surface area contributed by atoms with Crippen LogP contribution in [0.3, 0.4) is 0 Å². The molecule has 0 radical (unpaired) electrons. The summed E-state index contributed by atoms with van der Waals surface area (Å²) in [6, 6.07) is 0.385. The fraction of sp³-hybridized carbons (Fsp3) is 0.750. The number of hydrogen-bond donors (Lipinski definition) is 2. The number of aryl methyl sites for hydroxylation is 1. The van der Waals surface area contributed by atoms with Gasteiger partial charge in [-0.1, -0.05) is 0 Å². The lowest BCUT2D eigenvalue weighted by molar-refractivity contribution is -0.120. The van der Waals surface area contributed by atoms with Crippen molar-refractivity contribution in [2.45, 2.75) is 38.9 Å². The van der Waals surface area contributed by atoms with E-state index in [0.717, 1.165) is 38.3 Å². The molecule has 0 saturated carbocycles. The number of nitrogens with two attached hydrogens (primary N) is 1. The van der Waals surface area contributed by atoms with E-state index in [1.807, 2.05) is 11.6 Å². The zero-order valence-corrected chi connectivity index (χ0v) is 11.4. The van der Waals surface area contributed by atoms with Gasteiger partial charge in [-0.15, -0.1) is 0 Å². The number of rotatable bonds is 6. The first-order chi connectivity index (χ1) is 9.20. The van der Waals surface area contributed by atoms with E-state index >= 15 is 0 Å². The van der Waals surface area contributed by atoms with E-state index in [9.17, 15) is 4.79 Å². The maximum Gasteiger partial charge on any atom is 0.231 e. The summed E-state index contributed by atoms with van der Waals surface area (Å²) in [4.78, 5) is 17.7. The van der Waals surface area contributed by atoms with Gasteiger partial charge in [0.2, 0.25) is 5.91 Å². The quantitative estimate of drug-likeness (QED) is 0.713. The van der Waals surface area contributed by atoms with E-state index in [1.165, 1.54) is 0 Å². The molecule has 19 heavy (non-hydrogen) atoms. The Morgan fingerprint density at radius 1 is 1.58 bits per heavy atom. The van der Waals surface area contributed by atoms with Gasteiger partial charge in [-0.25, -0.2) is 9.67 Å². The largest absolute Gasteiger partial charge is 0.369 e.